The first-order valence-electron chi connectivity index (χ1n) is 17.0. The van der Waals surface area contributed by atoms with E-state index in [4.69, 9.17) is 4.42 Å². The van der Waals surface area contributed by atoms with Crippen LogP contribution in [0.1, 0.15) is 10.4 Å². The number of rotatable bonds is 5. The van der Waals surface area contributed by atoms with Gasteiger partial charge in [-0.2, -0.15) is 0 Å². The maximum atomic E-state index is 6.59. The molecule has 50 heavy (non-hydrogen) atoms. The van der Waals surface area contributed by atoms with Gasteiger partial charge in [-0.1, -0.05) is 115 Å². The van der Waals surface area contributed by atoms with E-state index in [1.807, 2.05) is 23.5 Å². The predicted octanol–water partition coefficient (Wildman–Crippen LogP) is 13.2. The maximum Gasteiger partial charge on any atom is 0.159 e. The molecule has 1 aliphatic rings. The van der Waals surface area contributed by atoms with Crippen molar-refractivity contribution in [1.29, 1.82) is 0 Å². The molecular formula is C46H32N2OS. The van der Waals surface area contributed by atoms with Crippen LogP contribution in [0, 0.1) is 0 Å². The van der Waals surface area contributed by atoms with Crippen molar-refractivity contribution in [2.24, 2.45) is 0 Å². The summed E-state index contributed by atoms with van der Waals surface area (Å²) in [5, 5.41) is 6.07. The highest BCUT2D eigenvalue weighted by molar-refractivity contribution is 7.20. The van der Waals surface area contributed by atoms with Crippen molar-refractivity contribution in [2.45, 2.75) is 6.54 Å². The van der Waals surface area contributed by atoms with Crippen LogP contribution >= 0.6 is 11.3 Å². The number of hydrogen-bond donors (Lipinski definition) is 0. The molecule has 0 N–H and O–H groups in total. The minimum absolute atomic E-state index is 0.878. The van der Waals surface area contributed by atoms with Gasteiger partial charge in [0.15, 0.2) is 5.58 Å². The van der Waals surface area contributed by atoms with Crippen molar-refractivity contribution in [3.63, 3.8) is 0 Å². The molecule has 0 spiro atoms. The number of fused-ring (bicyclic) bond motifs is 7. The molecule has 9 aromatic rings. The highest BCUT2D eigenvalue weighted by Crippen LogP contribution is 2.45. The molecule has 10 rings (SSSR count). The Kier molecular flexibility index (Phi) is 6.64. The van der Waals surface area contributed by atoms with Crippen molar-refractivity contribution < 1.29 is 4.42 Å². The zero-order chi connectivity index (χ0) is 33.2. The summed E-state index contributed by atoms with van der Waals surface area (Å²) in [5.41, 5.74) is 11.2. The molecule has 0 saturated heterocycles. The van der Waals surface area contributed by atoms with E-state index < -0.39 is 0 Å². The predicted molar refractivity (Wildman–Crippen MR) is 213 cm³/mol. The molecule has 3 nitrogen and oxygen atoms in total. The zero-order valence-corrected chi connectivity index (χ0v) is 28.3. The third kappa shape index (κ3) is 4.64. The molecule has 4 heteroatoms. The average Bonchev–Trinajstić information content (AvgIpc) is 3.74. The van der Waals surface area contributed by atoms with Crippen LogP contribution in [0.2, 0.25) is 0 Å². The SMILES string of the molecule is CN1C=Cc2c(sc3c(-c4ccc(N(c5ccc(-c6cccc7ccccc67)cc5)c5cccc6c5oc5ccccc56)cc4)cccc23)C1. The number of furan rings is 1. The second-order valence-electron chi connectivity index (χ2n) is 13.1. The van der Waals surface area contributed by atoms with Crippen molar-refractivity contribution in [3.8, 4) is 22.3 Å². The van der Waals surface area contributed by atoms with Gasteiger partial charge in [0.2, 0.25) is 0 Å². The molecule has 0 radical (unpaired) electrons. The molecule has 0 amide bonds. The molecule has 1 aliphatic heterocycles. The van der Waals surface area contributed by atoms with E-state index in [-0.39, 0.29) is 0 Å². The maximum absolute atomic E-state index is 6.59. The summed E-state index contributed by atoms with van der Waals surface area (Å²) < 4.78 is 7.93. The molecule has 0 unspecified atom stereocenters. The van der Waals surface area contributed by atoms with Gasteiger partial charge in [-0.05, 0) is 87.3 Å². The Bertz CT molecular complexity index is 2750. The Balaban J connectivity index is 1.11. The molecule has 238 valence electrons. The molecule has 3 heterocycles. The molecule has 0 aliphatic carbocycles. The Morgan fingerprint density at radius 3 is 2.02 bits per heavy atom. The first-order valence-corrected chi connectivity index (χ1v) is 17.8. The average molecular weight is 661 g/mol. The first kappa shape index (κ1) is 28.9. The third-order valence-corrected chi connectivity index (χ3v) is 11.2. The summed E-state index contributed by atoms with van der Waals surface area (Å²) in [4.78, 5) is 6.00. The summed E-state index contributed by atoms with van der Waals surface area (Å²) in [6.45, 7) is 0.950. The van der Waals surface area contributed by atoms with Crippen LogP contribution in [-0.2, 0) is 6.54 Å². The molecule has 2 aromatic heterocycles. The number of para-hydroxylation sites is 2. The van der Waals surface area contributed by atoms with Crippen molar-refractivity contribution in [1.82, 2.24) is 4.90 Å². The lowest BCUT2D eigenvalue weighted by Gasteiger charge is -2.26. The van der Waals surface area contributed by atoms with Crippen molar-refractivity contribution in [2.75, 3.05) is 11.9 Å². The lowest BCUT2D eigenvalue weighted by atomic mass is 9.98. The topological polar surface area (TPSA) is 19.6 Å². The van der Waals surface area contributed by atoms with E-state index in [2.05, 4.69) is 169 Å². The quantitative estimate of drug-likeness (QED) is 0.183. The Morgan fingerprint density at radius 2 is 1.20 bits per heavy atom. The van der Waals surface area contributed by atoms with E-state index in [9.17, 15) is 0 Å². The summed E-state index contributed by atoms with van der Waals surface area (Å²) in [7, 11) is 2.14. The second kappa shape index (κ2) is 11.5. The summed E-state index contributed by atoms with van der Waals surface area (Å²) in [6, 6.07) is 54.5. The van der Waals surface area contributed by atoms with Crippen LogP contribution in [-0.4, -0.2) is 11.9 Å². The molecule has 0 atom stereocenters. The number of hydrogen-bond acceptors (Lipinski definition) is 4. The summed E-state index contributed by atoms with van der Waals surface area (Å²) in [5.74, 6) is 0. The van der Waals surface area contributed by atoms with Crippen LogP contribution < -0.4 is 4.90 Å². The number of benzene rings is 7. The molecular weight excluding hydrogens is 629 g/mol. The van der Waals surface area contributed by atoms with Gasteiger partial charge in [0.25, 0.3) is 0 Å². The zero-order valence-electron chi connectivity index (χ0n) is 27.5. The van der Waals surface area contributed by atoms with Gasteiger partial charge in [0.1, 0.15) is 5.58 Å². The highest BCUT2D eigenvalue weighted by Gasteiger charge is 2.21. The Hall–Kier alpha value is -6.10. The van der Waals surface area contributed by atoms with Gasteiger partial charge in [0, 0.05) is 44.2 Å². The van der Waals surface area contributed by atoms with Gasteiger partial charge < -0.3 is 14.2 Å². The smallest absolute Gasteiger partial charge is 0.159 e. The fraction of sp³-hybridized carbons (Fsp3) is 0.0435. The minimum Gasteiger partial charge on any atom is -0.454 e. The van der Waals surface area contributed by atoms with Gasteiger partial charge in [-0.3, -0.25) is 0 Å². The number of thiophene rings is 1. The van der Waals surface area contributed by atoms with Crippen LogP contribution in [0.3, 0.4) is 0 Å². The molecule has 0 saturated carbocycles. The highest BCUT2D eigenvalue weighted by atomic mass is 32.1. The Labute approximate surface area is 294 Å². The van der Waals surface area contributed by atoms with Crippen LogP contribution in [0.4, 0.5) is 17.1 Å². The lowest BCUT2D eigenvalue weighted by Crippen LogP contribution is -2.12. The first-order chi connectivity index (χ1) is 24.7. The van der Waals surface area contributed by atoms with Gasteiger partial charge in [0.05, 0.1) is 12.2 Å². The number of anilines is 3. The monoisotopic (exact) mass is 660 g/mol. The van der Waals surface area contributed by atoms with Gasteiger partial charge >= 0.3 is 0 Å². The minimum atomic E-state index is 0.878. The Morgan fingerprint density at radius 1 is 0.580 bits per heavy atom. The standard InChI is InChI=1S/C46H32N2OS/c1-47-28-27-39-41-16-7-14-37(46(41)50-44(39)29-47)32-21-25-34(26-22-32)48(42-17-8-15-40-38-12-4-5-18-43(38)49-45(40)42)33-23-19-31(20-24-33)36-13-6-10-30-9-2-3-11-35(30)36/h2-28H,29H2,1H3. The van der Waals surface area contributed by atoms with Crippen molar-refractivity contribution >= 4 is 77.3 Å². The summed E-state index contributed by atoms with van der Waals surface area (Å²) >= 11 is 1.92. The fourth-order valence-corrected chi connectivity index (χ4v) is 8.98. The second-order valence-corrected chi connectivity index (χ2v) is 14.2. The number of nitrogens with zero attached hydrogens (tertiary/aromatic N) is 2. The molecule has 0 fully saturated rings. The van der Waals surface area contributed by atoms with Crippen LogP contribution in [0.25, 0.3) is 71.1 Å². The fourth-order valence-electron chi connectivity index (χ4n) is 7.59. The third-order valence-electron chi connectivity index (χ3n) is 10.0. The lowest BCUT2D eigenvalue weighted by molar-refractivity contribution is 0.453. The van der Waals surface area contributed by atoms with E-state index in [1.165, 1.54) is 53.6 Å². The van der Waals surface area contributed by atoms with Crippen molar-refractivity contribution in [3.05, 3.63) is 168 Å². The van der Waals surface area contributed by atoms with Crippen LogP contribution in [0.15, 0.2) is 162 Å². The normalized spacial score (nSPS) is 12.7. The van der Waals surface area contributed by atoms with E-state index in [1.54, 1.807) is 0 Å². The van der Waals surface area contributed by atoms with E-state index >= 15 is 0 Å². The van der Waals surface area contributed by atoms with E-state index in [0.717, 1.165) is 45.5 Å². The molecule has 7 aromatic carbocycles. The van der Waals surface area contributed by atoms with E-state index in [0.29, 0.717) is 0 Å². The largest absolute Gasteiger partial charge is 0.454 e. The van der Waals surface area contributed by atoms with Crippen LogP contribution in [0.5, 0.6) is 0 Å². The molecule has 0 bridgehead atoms. The van der Waals surface area contributed by atoms with Gasteiger partial charge in [-0.25, -0.2) is 0 Å². The van der Waals surface area contributed by atoms with Gasteiger partial charge in [-0.15, -0.1) is 11.3 Å². The summed E-state index contributed by atoms with van der Waals surface area (Å²) in [6.07, 6.45) is 4.44.